The molecule has 4 rings (SSSR count). The van der Waals surface area contributed by atoms with Crippen LogP contribution in [0.5, 0.6) is 0 Å². The Labute approximate surface area is 230 Å². The first-order chi connectivity index (χ1) is 18.6. The SMILES string of the molecule is COC(=O)[C@H](Cc1ccc(CC(=O)c2cn(C)c3ccccc23)cc1)C(Cc1ccccc1)C(=O)C(C)(C)C. The largest absolute Gasteiger partial charge is 0.469 e. The zero-order valence-electron chi connectivity index (χ0n) is 23.4. The highest BCUT2D eigenvalue weighted by Gasteiger charge is 2.39. The van der Waals surface area contributed by atoms with Gasteiger partial charge in [0.1, 0.15) is 5.78 Å². The van der Waals surface area contributed by atoms with E-state index in [9.17, 15) is 14.4 Å². The number of nitrogens with zero attached hydrogens (tertiary/aromatic N) is 1. The summed E-state index contributed by atoms with van der Waals surface area (Å²) >= 11 is 0. The van der Waals surface area contributed by atoms with E-state index in [0.717, 1.165) is 27.6 Å². The Bertz CT molecular complexity index is 1460. The molecular formula is C34H37NO4. The highest BCUT2D eigenvalue weighted by molar-refractivity contribution is 6.08. The third-order valence-corrected chi connectivity index (χ3v) is 7.40. The number of Topliss-reactive ketones (excluding diaryl/α,β-unsaturated/α-hetero) is 2. The summed E-state index contributed by atoms with van der Waals surface area (Å²) in [7, 11) is 3.32. The number of ether oxygens (including phenoxy) is 1. The van der Waals surface area contributed by atoms with Gasteiger partial charge in [0.15, 0.2) is 5.78 Å². The fourth-order valence-electron chi connectivity index (χ4n) is 5.27. The highest BCUT2D eigenvalue weighted by atomic mass is 16.5. The zero-order valence-corrected chi connectivity index (χ0v) is 23.4. The van der Waals surface area contributed by atoms with Gasteiger partial charge in [-0.2, -0.15) is 0 Å². The molecule has 1 heterocycles. The van der Waals surface area contributed by atoms with Crippen molar-refractivity contribution in [1.29, 1.82) is 0 Å². The maximum absolute atomic E-state index is 13.6. The van der Waals surface area contributed by atoms with Crippen molar-refractivity contribution in [3.8, 4) is 0 Å². The van der Waals surface area contributed by atoms with Crippen LogP contribution in [0.25, 0.3) is 10.9 Å². The fraction of sp³-hybridized carbons (Fsp3) is 0.324. The van der Waals surface area contributed by atoms with Crippen LogP contribution >= 0.6 is 0 Å². The number of hydrogen-bond donors (Lipinski definition) is 0. The van der Waals surface area contributed by atoms with Gasteiger partial charge < -0.3 is 9.30 Å². The first kappa shape index (κ1) is 28.0. The Morgan fingerprint density at radius 1 is 0.769 bits per heavy atom. The van der Waals surface area contributed by atoms with Crippen LogP contribution in [0.4, 0.5) is 0 Å². The van der Waals surface area contributed by atoms with Crippen molar-refractivity contribution in [2.75, 3.05) is 7.11 Å². The Morgan fingerprint density at radius 2 is 1.33 bits per heavy atom. The number of methoxy groups -OCH3 is 1. The second-order valence-corrected chi connectivity index (χ2v) is 11.3. The van der Waals surface area contributed by atoms with Crippen molar-refractivity contribution in [2.45, 2.75) is 40.0 Å². The molecule has 0 saturated carbocycles. The molecule has 1 aromatic heterocycles. The van der Waals surface area contributed by atoms with E-state index in [4.69, 9.17) is 4.74 Å². The summed E-state index contributed by atoms with van der Waals surface area (Å²) in [6, 6.07) is 25.5. The first-order valence-corrected chi connectivity index (χ1v) is 13.4. The maximum atomic E-state index is 13.6. The van der Waals surface area contributed by atoms with Crippen LogP contribution in [0.15, 0.2) is 85.1 Å². The topological polar surface area (TPSA) is 65.4 Å². The molecule has 0 radical (unpaired) electrons. The minimum atomic E-state index is -0.620. The van der Waals surface area contributed by atoms with E-state index in [1.165, 1.54) is 7.11 Å². The monoisotopic (exact) mass is 523 g/mol. The smallest absolute Gasteiger partial charge is 0.309 e. The van der Waals surface area contributed by atoms with Gasteiger partial charge in [-0.05, 0) is 35.6 Å². The molecule has 0 amide bonds. The number of hydrogen-bond acceptors (Lipinski definition) is 4. The Morgan fingerprint density at radius 3 is 1.97 bits per heavy atom. The van der Waals surface area contributed by atoms with E-state index in [0.29, 0.717) is 18.4 Å². The lowest BCUT2D eigenvalue weighted by Crippen LogP contribution is -2.39. The molecule has 0 aliphatic heterocycles. The predicted molar refractivity (Wildman–Crippen MR) is 155 cm³/mol. The number of benzene rings is 3. The van der Waals surface area contributed by atoms with E-state index < -0.39 is 17.3 Å². The molecule has 3 aromatic carbocycles. The van der Waals surface area contributed by atoms with Gasteiger partial charge in [-0.3, -0.25) is 14.4 Å². The Kier molecular flexibility index (Phi) is 8.49. The van der Waals surface area contributed by atoms with Gasteiger partial charge in [0.2, 0.25) is 0 Å². The quantitative estimate of drug-likeness (QED) is 0.178. The lowest BCUT2D eigenvalue weighted by molar-refractivity contribution is -0.151. The molecule has 0 saturated heterocycles. The number of esters is 1. The Balaban J connectivity index is 1.55. The number of para-hydroxylation sites is 1. The van der Waals surface area contributed by atoms with Crippen LogP contribution in [0, 0.1) is 17.3 Å². The van der Waals surface area contributed by atoms with Gasteiger partial charge in [0.05, 0.1) is 13.0 Å². The molecule has 0 aliphatic carbocycles. The van der Waals surface area contributed by atoms with Gasteiger partial charge >= 0.3 is 5.97 Å². The number of aryl methyl sites for hydroxylation is 1. The summed E-state index contributed by atoms with van der Waals surface area (Å²) < 4.78 is 7.17. The number of rotatable bonds is 10. The molecule has 4 aromatic rings. The van der Waals surface area contributed by atoms with E-state index >= 15 is 0 Å². The summed E-state index contributed by atoms with van der Waals surface area (Å²) in [5, 5.41) is 0.954. The van der Waals surface area contributed by atoms with Crippen LogP contribution < -0.4 is 0 Å². The summed E-state index contributed by atoms with van der Waals surface area (Å²) in [4.78, 5) is 39.8. The third-order valence-electron chi connectivity index (χ3n) is 7.40. The number of carbonyl (C=O) groups excluding carboxylic acids is 3. The molecule has 1 unspecified atom stereocenters. The molecule has 5 nitrogen and oxygen atoms in total. The lowest BCUT2D eigenvalue weighted by atomic mass is 9.72. The van der Waals surface area contributed by atoms with Gasteiger partial charge in [-0.15, -0.1) is 0 Å². The minimum absolute atomic E-state index is 0.0408. The van der Waals surface area contributed by atoms with E-state index in [-0.39, 0.29) is 24.0 Å². The van der Waals surface area contributed by atoms with E-state index in [1.807, 2.05) is 117 Å². The Hall–Kier alpha value is -3.99. The summed E-state index contributed by atoms with van der Waals surface area (Å²) in [6.07, 6.45) is 3.02. The van der Waals surface area contributed by atoms with Crippen LogP contribution in [0.1, 0.15) is 47.8 Å². The van der Waals surface area contributed by atoms with Crippen molar-refractivity contribution in [1.82, 2.24) is 4.57 Å². The zero-order chi connectivity index (χ0) is 28.2. The van der Waals surface area contributed by atoms with Gasteiger partial charge in [-0.25, -0.2) is 0 Å². The molecule has 0 fully saturated rings. The van der Waals surface area contributed by atoms with Crippen molar-refractivity contribution >= 4 is 28.4 Å². The lowest BCUT2D eigenvalue weighted by Gasteiger charge is -2.30. The number of carbonyl (C=O) groups is 3. The number of ketones is 2. The van der Waals surface area contributed by atoms with Crippen LogP contribution in [-0.4, -0.2) is 29.2 Å². The molecule has 2 atom stereocenters. The normalized spacial score (nSPS) is 13.2. The summed E-state index contributed by atoms with van der Waals surface area (Å²) in [5.74, 6) is -1.42. The molecule has 0 aliphatic rings. The molecule has 0 spiro atoms. The van der Waals surface area contributed by atoms with Crippen LogP contribution in [0.3, 0.4) is 0 Å². The molecule has 202 valence electrons. The molecular weight excluding hydrogens is 486 g/mol. The van der Waals surface area contributed by atoms with Gasteiger partial charge in [-0.1, -0.05) is 93.6 Å². The van der Waals surface area contributed by atoms with Gasteiger partial charge in [0.25, 0.3) is 0 Å². The van der Waals surface area contributed by atoms with Crippen molar-refractivity contribution in [3.63, 3.8) is 0 Å². The first-order valence-electron chi connectivity index (χ1n) is 13.4. The fourth-order valence-corrected chi connectivity index (χ4v) is 5.27. The number of fused-ring (bicyclic) bond motifs is 1. The highest BCUT2D eigenvalue weighted by Crippen LogP contribution is 2.31. The van der Waals surface area contributed by atoms with Crippen LogP contribution in [-0.2, 0) is 40.6 Å². The molecule has 0 N–H and O–H groups in total. The van der Waals surface area contributed by atoms with E-state index in [2.05, 4.69) is 0 Å². The second-order valence-electron chi connectivity index (χ2n) is 11.3. The van der Waals surface area contributed by atoms with Gasteiger partial charge in [0, 0.05) is 47.5 Å². The van der Waals surface area contributed by atoms with Crippen LogP contribution in [0.2, 0.25) is 0 Å². The molecule has 0 bridgehead atoms. The standard InChI is InChI=1S/C34H37NO4/c1-34(2,3)32(37)27(19-23-11-7-6-8-12-23)28(33(38)39-5)20-24-15-17-25(18-16-24)21-31(36)29-22-35(4)30-14-10-9-13-26(29)30/h6-18,22,27-28H,19-21H2,1-5H3/t27?,28-/m1/s1. The maximum Gasteiger partial charge on any atom is 0.309 e. The van der Waals surface area contributed by atoms with Crippen molar-refractivity contribution in [3.05, 3.63) is 107 Å². The molecule has 39 heavy (non-hydrogen) atoms. The molecule has 5 heteroatoms. The van der Waals surface area contributed by atoms with Crippen molar-refractivity contribution in [2.24, 2.45) is 24.3 Å². The number of aromatic nitrogens is 1. The predicted octanol–water partition coefficient (Wildman–Crippen LogP) is 6.41. The average Bonchev–Trinajstić information content (AvgIpc) is 3.27. The summed E-state index contributed by atoms with van der Waals surface area (Å²) in [6.45, 7) is 5.68. The second kappa shape index (κ2) is 11.8. The minimum Gasteiger partial charge on any atom is -0.469 e. The van der Waals surface area contributed by atoms with Crippen molar-refractivity contribution < 1.29 is 19.1 Å². The van der Waals surface area contributed by atoms with E-state index in [1.54, 1.807) is 0 Å². The average molecular weight is 524 g/mol. The third kappa shape index (κ3) is 6.54. The summed E-state index contributed by atoms with van der Waals surface area (Å²) in [5.41, 5.74) is 3.98.